The lowest BCUT2D eigenvalue weighted by atomic mass is 9.44. The van der Waals surface area contributed by atoms with Gasteiger partial charge in [-0.2, -0.15) is 0 Å². The first-order chi connectivity index (χ1) is 19.1. The summed E-state index contributed by atoms with van der Waals surface area (Å²) in [7, 11) is 0. The van der Waals surface area contributed by atoms with Gasteiger partial charge in [-0.3, -0.25) is 19.2 Å². The SMILES string of the molecule is C[C@@H]1C[C@H]2[C@@H]3CCC4=CC(=O)C=C[C@]4(C)[C@@]3(F)[C@@H](O)C[C@]2(C)[C@@]1(O)C(=O)COC(=O)CNC(=O)CCCO[N+](=O)[O-]. The fraction of sp³-hybridized carbons (Fsp3) is 0.714. The zero-order valence-corrected chi connectivity index (χ0v) is 23.4. The number of esters is 1. The number of ether oxygens (including phenoxy) is 1. The third kappa shape index (κ3) is 4.86. The summed E-state index contributed by atoms with van der Waals surface area (Å²) in [5.74, 6) is -4.24. The number of hydrogen-bond donors (Lipinski definition) is 3. The topological polar surface area (TPSA) is 182 Å². The third-order valence-corrected chi connectivity index (χ3v) is 10.2. The van der Waals surface area contributed by atoms with E-state index in [4.69, 9.17) is 4.74 Å². The van der Waals surface area contributed by atoms with Gasteiger partial charge in [0.05, 0.1) is 12.7 Å². The van der Waals surface area contributed by atoms with Crippen LogP contribution in [-0.4, -0.2) is 75.9 Å². The predicted octanol–water partition coefficient (Wildman–Crippen LogP) is 1.55. The van der Waals surface area contributed by atoms with Gasteiger partial charge in [-0.05, 0) is 63.0 Å². The van der Waals surface area contributed by atoms with Gasteiger partial charge in [-0.1, -0.05) is 25.5 Å². The molecule has 8 atom stereocenters. The van der Waals surface area contributed by atoms with Crippen molar-refractivity contribution in [2.75, 3.05) is 19.8 Å². The first-order valence-corrected chi connectivity index (χ1v) is 13.9. The number of carbonyl (C=O) groups excluding carboxylic acids is 4. The Labute approximate surface area is 236 Å². The van der Waals surface area contributed by atoms with Crippen LogP contribution in [0.5, 0.6) is 0 Å². The number of aliphatic hydroxyl groups excluding tert-OH is 1. The molecule has 4 rings (SSSR count). The maximum absolute atomic E-state index is 17.2. The summed E-state index contributed by atoms with van der Waals surface area (Å²) in [4.78, 5) is 63.7. The van der Waals surface area contributed by atoms with Crippen molar-refractivity contribution < 1.29 is 48.4 Å². The summed E-state index contributed by atoms with van der Waals surface area (Å²) >= 11 is 0. The Hall–Kier alpha value is -3.19. The number of nitrogens with zero attached hydrogens (tertiary/aromatic N) is 1. The molecule has 12 nitrogen and oxygen atoms in total. The Balaban J connectivity index is 1.42. The number of rotatable bonds is 10. The lowest BCUT2D eigenvalue weighted by Crippen LogP contribution is -2.69. The molecular weight excluding hydrogens is 543 g/mol. The molecule has 0 aromatic heterocycles. The molecule has 4 aliphatic rings. The Bertz CT molecular complexity index is 1200. The molecule has 1 amide bonds. The minimum atomic E-state index is -2.10. The van der Waals surface area contributed by atoms with Crippen LogP contribution in [0, 0.1) is 38.7 Å². The van der Waals surface area contributed by atoms with E-state index in [1.54, 1.807) is 20.8 Å². The van der Waals surface area contributed by atoms with E-state index in [-0.39, 0.29) is 31.7 Å². The van der Waals surface area contributed by atoms with Gasteiger partial charge in [0.25, 0.3) is 5.09 Å². The van der Waals surface area contributed by atoms with Gasteiger partial charge >= 0.3 is 5.97 Å². The van der Waals surface area contributed by atoms with Gasteiger partial charge in [0.1, 0.15) is 12.1 Å². The van der Waals surface area contributed by atoms with Crippen molar-refractivity contribution in [3.05, 3.63) is 33.9 Å². The standard InChI is InChI=1S/C28H37FN2O10/c1-16-11-20-19-7-6-17-12-18(32)8-9-25(17,2)27(19,29)21(33)13-26(20,3)28(16,37)22(34)15-40-24(36)14-30-23(35)5-4-10-41-31(38)39/h8-9,12,16,19-21,33,37H,4-7,10-11,13-15H2,1-3H3,(H,30,35)/t16-,19+,20+,21+,25+,26+,27+,28+/m1/s1. The van der Waals surface area contributed by atoms with Crippen LogP contribution in [0.15, 0.2) is 23.8 Å². The van der Waals surface area contributed by atoms with Crippen molar-refractivity contribution in [1.29, 1.82) is 0 Å². The number of alkyl halides is 1. The molecule has 0 aliphatic heterocycles. The predicted molar refractivity (Wildman–Crippen MR) is 139 cm³/mol. The van der Waals surface area contributed by atoms with Crippen LogP contribution in [-0.2, 0) is 28.8 Å². The minimum absolute atomic E-state index is 0.0587. The zero-order valence-electron chi connectivity index (χ0n) is 23.4. The number of fused-ring (bicyclic) bond motifs is 5. The monoisotopic (exact) mass is 580 g/mol. The summed E-state index contributed by atoms with van der Waals surface area (Å²) < 4.78 is 22.3. The smallest absolute Gasteiger partial charge is 0.325 e. The van der Waals surface area contributed by atoms with Gasteiger partial charge in [0.2, 0.25) is 11.7 Å². The van der Waals surface area contributed by atoms with Crippen molar-refractivity contribution in [2.45, 2.75) is 76.7 Å². The lowest BCUT2D eigenvalue weighted by Gasteiger charge is -2.62. The Kier molecular flexibility index (Phi) is 8.18. The summed E-state index contributed by atoms with van der Waals surface area (Å²) in [5, 5.41) is 34.7. The van der Waals surface area contributed by atoms with Crippen molar-refractivity contribution in [2.24, 2.45) is 28.6 Å². The minimum Gasteiger partial charge on any atom is -0.456 e. The van der Waals surface area contributed by atoms with Crippen molar-refractivity contribution in [1.82, 2.24) is 5.32 Å². The first-order valence-electron chi connectivity index (χ1n) is 13.9. The second-order valence-electron chi connectivity index (χ2n) is 12.2. The molecule has 0 unspecified atom stereocenters. The number of ketones is 2. The highest BCUT2D eigenvalue weighted by Gasteiger charge is 2.75. The number of Topliss-reactive ketones (excluding diaryl/α,β-unsaturated/α-hetero) is 1. The van der Waals surface area contributed by atoms with Crippen LogP contribution in [0.1, 0.15) is 59.3 Å². The lowest BCUT2D eigenvalue weighted by molar-refractivity contribution is -0.757. The van der Waals surface area contributed by atoms with Crippen LogP contribution < -0.4 is 5.32 Å². The number of allylic oxidation sites excluding steroid dienone is 4. The van der Waals surface area contributed by atoms with E-state index >= 15 is 4.39 Å². The summed E-state index contributed by atoms with van der Waals surface area (Å²) in [6.45, 7) is 3.46. The number of hydrogen-bond acceptors (Lipinski definition) is 10. The molecule has 0 aromatic carbocycles. The molecule has 0 heterocycles. The van der Waals surface area contributed by atoms with E-state index in [0.29, 0.717) is 24.8 Å². The van der Waals surface area contributed by atoms with E-state index in [2.05, 4.69) is 10.2 Å². The average molecular weight is 581 g/mol. The number of aliphatic hydroxyl groups is 2. The molecule has 13 heteroatoms. The highest BCUT2D eigenvalue weighted by Crippen LogP contribution is 2.70. The highest BCUT2D eigenvalue weighted by atomic mass is 19.1. The number of amides is 1. The largest absolute Gasteiger partial charge is 0.456 e. The Morgan fingerprint density at radius 3 is 2.66 bits per heavy atom. The van der Waals surface area contributed by atoms with E-state index in [0.717, 1.165) is 0 Å². The number of halogens is 1. The molecular formula is C28H37FN2O10. The molecule has 0 aromatic rings. The molecule has 41 heavy (non-hydrogen) atoms. The summed E-state index contributed by atoms with van der Waals surface area (Å²) in [5.41, 5.74) is -5.88. The molecule has 0 radical (unpaired) electrons. The Morgan fingerprint density at radius 1 is 1.27 bits per heavy atom. The van der Waals surface area contributed by atoms with E-state index in [1.165, 1.54) is 18.2 Å². The fourth-order valence-electron chi connectivity index (χ4n) is 8.08. The summed E-state index contributed by atoms with van der Waals surface area (Å²) in [6, 6.07) is 0. The van der Waals surface area contributed by atoms with Crippen LogP contribution in [0.3, 0.4) is 0 Å². The quantitative estimate of drug-likeness (QED) is 0.148. The molecule has 0 spiro atoms. The van der Waals surface area contributed by atoms with Gasteiger partial charge in [0.15, 0.2) is 18.1 Å². The van der Waals surface area contributed by atoms with Gasteiger partial charge < -0.3 is 25.1 Å². The third-order valence-electron chi connectivity index (χ3n) is 10.2. The second kappa shape index (κ2) is 10.9. The van der Waals surface area contributed by atoms with Crippen LogP contribution >= 0.6 is 0 Å². The normalized spacial score (nSPS) is 39.1. The van der Waals surface area contributed by atoms with Crippen molar-refractivity contribution in [3.63, 3.8) is 0 Å². The van der Waals surface area contributed by atoms with E-state index < -0.39 is 81.9 Å². The maximum Gasteiger partial charge on any atom is 0.325 e. The molecule has 226 valence electrons. The second-order valence-corrected chi connectivity index (χ2v) is 12.2. The van der Waals surface area contributed by atoms with Crippen LogP contribution in [0.4, 0.5) is 4.39 Å². The molecule has 3 saturated carbocycles. The van der Waals surface area contributed by atoms with Crippen LogP contribution in [0.2, 0.25) is 0 Å². The molecule has 4 aliphatic carbocycles. The first kappa shape index (κ1) is 30.8. The Morgan fingerprint density at radius 2 is 1.98 bits per heavy atom. The summed E-state index contributed by atoms with van der Waals surface area (Å²) in [6.07, 6.45) is 3.63. The number of nitrogens with one attached hydrogen (secondary N) is 1. The van der Waals surface area contributed by atoms with Crippen LogP contribution in [0.25, 0.3) is 0 Å². The van der Waals surface area contributed by atoms with Crippen molar-refractivity contribution >= 4 is 23.4 Å². The molecule has 0 saturated heterocycles. The number of carbonyl (C=O) groups is 4. The highest BCUT2D eigenvalue weighted by molar-refractivity contribution is 6.01. The van der Waals surface area contributed by atoms with Gasteiger partial charge in [0, 0.05) is 23.2 Å². The van der Waals surface area contributed by atoms with Crippen molar-refractivity contribution in [3.8, 4) is 0 Å². The fourth-order valence-corrected chi connectivity index (χ4v) is 8.08. The average Bonchev–Trinajstić information content (AvgIpc) is 3.11. The van der Waals surface area contributed by atoms with Gasteiger partial charge in [-0.15, -0.1) is 10.1 Å². The maximum atomic E-state index is 17.2. The zero-order chi connectivity index (χ0) is 30.4. The van der Waals surface area contributed by atoms with Gasteiger partial charge in [-0.25, -0.2) is 4.39 Å². The molecule has 0 bridgehead atoms. The van der Waals surface area contributed by atoms with E-state index in [1.807, 2.05) is 0 Å². The molecule has 3 N–H and O–H groups in total. The molecule has 3 fully saturated rings. The van der Waals surface area contributed by atoms with E-state index in [9.17, 15) is 39.5 Å².